The van der Waals surface area contributed by atoms with E-state index in [0.29, 0.717) is 0 Å². The summed E-state index contributed by atoms with van der Waals surface area (Å²) in [5.41, 5.74) is -0.296. The maximum absolute atomic E-state index is 10.2. The van der Waals surface area contributed by atoms with Gasteiger partial charge in [-0.1, -0.05) is 188 Å². The molecule has 2 atom stereocenters. The fourth-order valence-electron chi connectivity index (χ4n) is 5.73. The minimum Gasteiger partial charge on any atom is -0.397 e. The van der Waals surface area contributed by atoms with Gasteiger partial charge in [0.25, 0.3) is 0 Å². The molecule has 0 aromatic carbocycles. The molecule has 0 fully saturated rings. The molecule has 2 unspecified atom stereocenters. The van der Waals surface area contributed by atoms with Crippen molar-refractivity contribution in [1.82, 2.24) is 0 Å². The second-order valence-corrected chi connectivity index (χ2v) is 15.5. The van der Waals surface area contributed by atoms with Crippen molar-refractivity contribution in [2.45, 2.75) is 219 Å². The van der Waals surface area contributed by atoms with Gasteiger partial charge in [-0.15, -0.1) is 0 Å². The molecule has 0 heterocycles. The average Bonchev–Trinajstić information content (AvgIpc) is 2.91. The van der Waals surface area contributed by atoms with Crippen LogP contribution in [0, 0.1) is 11.8 Å². The van der Waals surface area contributed by atoms with Gasteiger partial charge < -0.3 is 14.6 Å². The molecule has 2 N–H and O–H groups in total. The number of aliphatic hydroxyl groups excluding tert-OH is 2. The van der Waals surface area contributed by atoms with Crippen molar-refractivity contribution < 1.29 is 14.6 Å². The molecule has 0 rings (SSSR count). The maximum atomic E-state index is 10.2. The van der Waals surface area contributed by atoms with E-state index in [2.05, 4.69) is 27.7 Å². The van der Waals surface area contributed by atoms with Crippen LogP contribution in [0.5, 0.6) is 0 Å². The second-order valence-electron chi connectivity index (χ2n) is 13.9. The lowest BCUT2D eigenvalue weighted by Crippen LogP contribution is -2.25. The summed E-state index contributed by atoms with van der Waals surface area (Å²) in [5.74, 6) is 1.73. The highest BCUT2D eigenvalue weighted by atomic mass is 28.2. The smallest absolute Gasteiger partial charge is 0.193 e. The maximum Gasteiger partial charge on any atom is 0.193 e. The van der Waals surface area contributed by atoms with E-state index < -0.39 is 16.1 Å². The lowest BCUT2D eigenvalue weighted by atomic mass is 10.0. The first-order chi connectivity index (χ1) is 19.4. The molecule has 0 aliphatic rings. The highest BCUT2D eigenvalue weighted by Gasteiger charge is 2.10. The van der Waals surface area contributed by atoms with Crippen molar-refractivity contribution in [1.29, 1.82) is 0 Å². The first kappa shape index (κ1) is 40.1. The van der Waals surface area contributed by atoms with Crippen LogP contribution in [0.1, 0.15) is 207 Å². The first-order valence-corrected chi connectivity index (χ1v) is 19.8. The molecule has 40 heavy (non-hydrogen) atoms. The van der Waals surface area contributed by atoms with Crippen LogP contribution in [-0.4, -0.2) is 32.0 Å². The number of rotatable bonds is 33. The normalized spacial score (nSPS) is 13.8. The van der Waals surface area contributed by atoms with E-state index in [-0.39, 0.29) is 5.73 Å². The summed E-state index contributed by atoms with van der Waals surface area (Å²) in [6.45, 7) is 9.30. The summed E-state index contributed by atoms with van der Waals surface area (Å²) < 4.78 is 5.64. The van der Waals surface area contributed by atoms with Crippen LogP contribution in [0.2, 0.25) is 0 Å². The van der Waals surface area contributed by atoms with E-state index >= 15 is 0 Å². The van der Waals surface area contributed by atoms with Gasteiger partial charge in [0.15, 0.2) is 9.76 Å². The van der Waals surface area contributed by atoms with E-state index in [1.807, 2.05) is 0 Å². The highest BCUT2D eigenvalue weighted by Crippen LogP contribution is 2.16. The monoisotopic (exact) mass is 585 g/mol. The zero-order chi connectivity index (χ0) is 29.5. The lowest BCUT2D eigenvalue weighted by Gasteiger charge is -2.15. The molecule has 0 saturated carbocycles. The summed E-state index contributed by atoms with van der Waals surface area (Å²) >= 11 is 0. The number of aliphatic hydroxyl groups is 2. The Bertz CT molecular complexity index is 429. The van der Waals surface area contributed by atoms with Gasteiger partial charge in [-0.2, -0.15) is 0 Å². The molecule has 0 spiro atoms. The molecule has 242 valence electrons. The molecule has 0 saturated heterocycles. The summed E-state index contributed by atoms with van der Waals surface area (Å²) in [6.07, 6.45) is 36.1. The number of hydrogen-bond acceptors (Lipinski definition) is 3. The Balaban J connectivity index is 3.28. The minimum atomic E-state index is -1.04. The van der Waals surface area contributed by atoms with Gasteiger partial charge in [0.2, 0.25) is 0 Å². The Hall–Kier alpha value is 0.0969. The van der Waals surface area contributed by atoms with Crippen LogP contribution in [-0.2, 0) is 4.43 Å². The zero-order valence-corrected chi connectivity index (χ0v) is 29.5. The van der Waals surface area contributed by atoms with Gasteiger partial charge in [-0.3, -0.25) is 0 Å². The van der Waals surface area contributed by atoms with Gasteiger partial charge in [0, 0.05) is 0 Å². The van der Waals surface area contributed by atoms with Gasteiger partial charge in [-0.05, 0) is 31.1 Å². The summed E-state index contributed by atoms with van der Waals surface area (Å²) in [6, 6.07) is 0. The molecule has 0 aliphatic carbocycles. The summed E-state index contributed by atoms with van der Waals surface area (Å²) in [5, 5.41) is 20.3. The lowest BCUT2D eigenvalue weighted by molar-refractivity contribution is -0.0286. The van der Waals surface area contributed by atoms with E-state index in [4.69, 9.17) is 4.43 Å². The third-order valence-corrected chi connectivity index (χ3v) is 9.90. The van der Waals surface area contributed by atoms with Crippen molar-refractivity contribution >= 4 is 9.76 Å². The van der Waals surface area contributed by atoms with Gasteiger partial charge in [-0.25, -0.2) is 0 Å². The first-order valence-electron chi connectivity index (χ1n) is 18.4. The van der Waals surface area contributed by atoms with Crippen molar-refractivity contribution in [2.24, 2.45) is 11.8 Å². The Labute approximate surface area is 255 Å². The number of unbranched alkanes of at least 4 members (excludes halogenated alkanes) is 22. The standard InChI is InChI=1S/C36H76O3Si/c1-33(2)29-25-21-17-13-9-5-7-11-15-19-23-27-31-35(37)39-40-36(38)32-28-24-20-16-12-8-6-10-14-18-22-26-30-34(3)4/h33-38H,5-32,40H2,1-4H3. The van der Waals surface area contributed by atoms with Crippen molar-refractivity contribution in [3.05, 3.63) is 0 Å². The predicted molar refractivity (Wildman–Crippen MR) is 181 cm³/mol. The zero-order valence-electron chi connectivity index (χ0n) is 28.1. The van der Waals surface area contributed by atoms with E-state index in [1.165, 1.54) is 154 Å². The van der Waals surface area contributed by atoms with Gasteiger partial charge in [0.1, 0.15) is 6.29 Å². The quantitative estimate of drug-likeness (QED) is 0.0458. The van der Waals surface area contributed by atoms with Crippen LogP contribution in [0.15, 0.2) is 0 Å². The van der Waals surface area contributed by atoms with Crippen LogP contribution < -0.4 is 0 Å². The number of hydrogen-bond donors (Lipinski definition) is 2. The molecule has 0 bridgehead atoms. The Kier molecular flexibility index (Phi) is 32.1. The largest absolute Gasteiger partial charge is 0.397 e. The van der Waals surface area contributed by atoms with E-state index in [1.54, 1.807) is 0 Å². The van der Waals surface area contributed by atoms with Gasteiger partial charge in [0.05, 0.1) is 5.73 Å². The molecular weight excluding hydrogens is 508 g/mol. The Morgan fingerprint density at radius 3 is 0.925 bits per heavy atom. The van der Waals surface area contributed by atoms with Crippen molar-refractivity contribution in [3.8, 4) is 0 Å². The SMILES string of the molecule is CC(C)CCCCCCCCCCCCCCC(O)O[SiH2]C(O)CCCCCCCCCCCCCCC(C)C. The van der Waals surface area contributed by atoms with Crippen LogP contribution in [0.25, 0.3) is 0 Å². The molecule has 0 amide bonds. The third-order valence-electron chi connectivity index (χ3n) is 8.53. The molecule has 3 nitrogen and oxygen atoms in total. The fraction of sp³-hybridized carbons (Fsp3) is 1.00. The fourth-order valence-corrected chi connectivity index (χ4v) is 6.79. The third kappa shape index (κ3) is 34.3. The molecule has 4 heteroatoms. The molecular formula is C36H76O3Si. The van der Waals surface area contributed by atoms with Gasteiger partial charge >= 0.3 is 0 Å². The molecule has 0 radical (unpaired) electrons. The van der Waals surface area contributed by atoms with Crippen LogP contribution in [0.3, 0.4) is 0 Å². The predicted octanol–water partition coefficient (Wildman–Crippen LogP) is 11.0. The Morgan fingerprint density at radius 1 is 0.375 bits per heavy atom. The summed E-state index contributed by atoms with van der Waals surface area (Å²) in [4.78, 5) is 0. The highest BCUT2D eigenvalue weighted by molar-refractivity contribution is 6.28. The molecule has 0 aromatic heterocycles. The Morgan fingerprint density at radius 2 is 0.625 bits per heavy atom. The molecule has 0 aromatic rings. The van der Waals surface area contributed by atoms with E-state index in [0.717, 1.165) is 37.5 Å². The van der Waals surface area contributed by atoms with Crippen LogP contribution >= 0.6 is 0 Å². The second kappa shape index (κ2) is 32.0. The summed E-state index contributed by atoms with van der Waals surface area (Å²) in [7, 11) is -1.04. The van der Waals surface area contributed by atoms with Crippen LogP contribution in [0.4, 0.5) is 0 Å². The average molecular weight is 585 g/mol. The molecule has 0 aliphatic heterocycles. The topological polar surface area (TPSA) is 49.7 Å². The van der Waals surface area contributed by atoms with Crippen molar-refractivity contribution in [3.63, 3.8) is 0 Å². The minimum absolute atomic E-state index is 0.296. The van der Waals surface area contributed by atoms with Crippen molar-refractivity contribution in [2.75, 3.05) is 0 Å². The van der Waals surface area contributed by atoms with E-state index in [9.17, 15) is 10.2 Å².